The van der Waals surface area contributed by atoms with E-state index in [0.717, 1.165) is 11.0 Å². The minimum absolute atomic E-state index is 0.0760. The molecule has 0 saturated heterocycles. The summed E-state index contributed by atoms with van der Waals surface area (Å²) in [6.07, 6.45) is 2.69. The van der Waals surface area contributed by atoms with E-state index in [1.54, 1.807) is 7.05 Å². The Morgan fingerprint density at radius 1 is 1.24 bits per heavy atom. The predicted octanol–water partition coefficient (Wildman–Crippen LogP) is 2.33. The average Bonchev–Trinajstić information content (AvgIpc) is 2.50. The highest BCUT2D eigenvalue weighted by atomic mass is 16.7. The lowest BCUT2D eigenvalue weighted by Gasteiger charge is -2.28. The first-order chi connectivity index (χ1) is 11.4. The number of likely N-dealkylation sites (N-methyl/N-ethyl adjacent to an activating group) is 1. The van der Waals surface area contributed by atoms with E-state index in [4.69, 9.17) is 9.57 Å². The van der Waals surface area contributed by atoms with Crippen molar-refractivity contribution in [3.8, 4) is 0 Å². The fraction of sp³-hybridized carbons (Fsp3) is 0.941. The Morgan fingerprint density at radius 2 is 1.80 bits per heavy atom. The second-order valence-electron chi connectivity index (χ2n) is 8.79. The third-order valence-electron chi connectivity index (χ3n) is 4.51. The van der Waals surface area contributed by atoms with Crippen molar-refractivity contribution in [3.63, 3.8) is 0 Å². The first kappa shape index (κ1) is 21.5. The summed E-state index contributed by atoms with van der Waals surface area (Å²) in [7, 11) is 7.87. The molecule has 8 nitrogen and oxygen atoms in total. The predicted molar refractivity (Wildman–Crippen MR) is 94.3 cm³/mol. The van der Waals surface area contributed by atoms with Gasteiger partial charge in [0.25, 0.3) is 0 Å². The van der Waals surface area contributed by atoms with E-state index in [0.29, 0.717) is 37.3 Å². The van der Waals surface area contributed by atoms with Gasteiger partial charge in [0.05, 0.1) is 44.6 Å². The van der Waals surface area contributed by atoms with Crippen LogP contribution in [0.1, 0.15) is 46.5 Å². The number of ether oxygens (including phenoxy) is 1. The summed E-state index contributed by atoms with van der Waals surface area (Å²) in [5.74, 6) is -0.199. The zero-order chi connectivity index (χ0) is 19.3. The van der Waals surface area contributed by atoms with E-state index in [-0.39, 0.29) is 23.5 Å². The lowest BCUT2D eigenvalue weighted by molar-refractivity contribution is -0.870. The topological polar surface area (TPSA) is 77.2 Å². The Hall–Kier alpha value is -1.57. The fourth-order valence-electron chi connectivity index (χ4n) is 2.36. The SMILES string of the molecule is CN(/[N+]([O-])=N/OC1CCC(C(=O)OCC[N+](C)(C)C)CC1)C(C)(C)C. The molecule has 0 heterocycles. The van der Waals surface area contributed by atoms with E-state index in [9.17, 15) is 10.0 Å². The molecule has 0 aliphatic heterocycles. The van der Waals surface area contributed by atoms with Gasteiger partial charge in [0.1, 0.15) is 19.3 Å². The Morgan fingerprint density at radius 3 is 2.28 bits per heavy atom. The van der Waals surface area contributed by atoms with Crippen LogP contribution in [0.2, 0.25) is 0 Å². The molecule has 0 unspecified atom stereocenters. The summed E-state index contributed by atoms with van der Waals surface area (Å²) in [6, 6.07) is 0. The monoisotopic (exact) mass is 359 g/mol. The highest BCUT2D eigenvalue weighted by Gasteiger charge is 2.30. The summed E-state index contributed by atoms with van der Waals surface area (Å²) in [6.45, 7) is 7.00. The molecule has 25 heavy (non-hydrogen) atoms. The molecule has 0 bridgehead atoms. The van der Waals surface area contributed by atoms with Crippen molar-refractivity contribution in [2.75, 3.05) is 41.3 Å². The van der Waals surface area contributed by atoms with Gasteiger partial charge in [-0.1, -0.05) is 0 Å². The molecule has 0 atom stereocenters. The summed E-state index contributed by atoms with van der Waals surface area (Å²) in [5, 5.41) is 17.0. The summed E-state index contributed by atoms with van der Waals surface area (Å²) < 4.78 is 6.14. The molecule has 0 aromatic carbocycles. The minimum atomic E-state index is -0.332. The lowest BCUT2D eigenvalue weighted by atomic mass is 9.87. The summed E-state index contributed by atoms with van der Waals surface area (Å²) >= 11 is 0. The Bertz CT molecular complexity index is 460. The maximum Gasteiger partial charge on any atom is 0.309 e. The number of esters is 1. The highest BCUT2D eigenvalue weighted by molar-refractivity contribution is 5.72. The van der Waals surface area contributed by atoms with Gasteiger partial charge in [-0.3, -0.25) is 4.79 Å². The number of hydrogen-bond donors (Lipinski definition) is 0. The quantitative estimate of drug-likeness (QED) is 0.229. The molecule has 1 aliphatic carbocycles. The molecule has 0 amide bonds. The molecule has 0 aromatic rings. The zero-order valence-electron chi connectivity index (χ0n) is 16.8. The molecule has 8 heteroatoms. The van der Waals surface area contributed by atoms with Crippen molar-refractivity contribution < 1.29 is 23.8 Å². The van der Waals surface area contributed by atoms with Gasteiger partial charge in [-0.05, 0) is 46.5 Å². The van der Waals surface area contributed by atoms with Crippen LogP contribution in [0, 0.1) is 11.1 Å². The maximum atomic E-state index is 12.1. The molecule has 0 spiro atoms. The standard InChI is InChI=1S/C17H35N4O4/c1-17(2,3)19(4)20(23)18-25-15-10-8-14(9-11-15)16(22)24-13-12-21(5,6)7/h14-15H,8-13H2,1-7H3/q+1/b20-18-. The zero-order valence-corrected chi connectivity index (χ0v) is 16.8. The van der Waals surface area contributed by atoms with E-state index in [2.05, 4.69) is 26.4 Å². The third kappa shape index (κ3) is 7.90. The van der Waals surface area contributed by atoms with Gasteiger partial charge < -0.3 is 19.3 Å². The van der Waals surface area contributed by atoms with Crippen molar-refractivity contribution in [2.24, 2.45) is 11.2 Å². The molecule has 1 fully saturated rings. The van der Waals surface area contributed by atoms with Gasteiger partial charge in [-0.15, -0.1) is 5.01 Å². The van der Waals surface area contributed by atoms with Gasteiger partial charge in [-0.25, -0.2) is 0 Å². The van der Waals surface area contributed by atoms with Crippen molar-refractivity contribution in [1.29, 1.82) is 0 Å². The third-order valence-corrected chi connectivity index (χ3v) is 4.51. The van der Waals surface area contributed by atoms with Gasteiger partial charge in [0, 0.05) is 0 Å². The molecule has 0 N–H and O–H groups in total. The molecule has 146 valence electrons. The minimum Gasteiger partial charge on any atom is -0.569 e. The van der Waals surface area contributed by atoms with E-state index < -0.39 is 0 Å². The van der Waals surface area contributed by atoms with Crippen molar-refractivity contribution in [1.82, 2.24) is 5.01 Å². The van der Waals surface area contributed by atoms with Gasteiger partial charge in [0.2, 0.25) is 5.28 Å². The van der Waals surface area contributed by atoms with Crippen LogP contribution in [0.5, 0.6) is 0 Å². The smallest absolute Gasteiger partial charge is 0.309 e. The number of hydrogen-bond acceptors (Lipinski definition) is 5. The second kappa shape index (κ2) is 8.69. The maximum absolute atomic E-state index is 12.1. The number of carbonyl (C=O) groups excluding carboxylic acids is 1. The molecule has 0 radical (unpaired) electrons. The Kier molecular flexibility index (Phi) is 7.46. The van der Waals surface area contributed by atoms with Crippen LogP contribution in [0.15, 0.2) is 5.28 Å². The number of nitrogens with zero attached hydrogens (tertiary/aromatic N) is 4. The first-order valence-corrected chi connectivity index (χ1v) is 8.95. The van der Waals surface area contributed by atoms with Crippen LogP contribution in [0.4, 0.5) is 0 Å². The largest absolute Gasteiger partial charge is 0.569 e. The number of hydrazine groups is 1. The van der Waals surface area contributed by atoms with Crippen LogP contribution in [-0.4, -0.2) is 73.4 Å². The van der Waals surface area contributed by atoms with E-state index >= 15 is 0 Å². The van der Waals surface area contributed by atoms with Crippen LogP contribution < -0.4 is 0 Å². The van der Waals surface area contributed by atoms with Crippen LogP contribution >= 0.6 is 0 Å². The van der Waals surface area contributed by atoms with Crippen LogP contribution in [-0.2, 0) is 14.4 Å². The second-order valence-corrected chi connectivity index (χ2v) is 8.79. The van der Waals surface area contributed by atoms with E-state index in [1.807, 2.05) is 20.8 Å². The van der Waals surface area contributed by atoms with Crippen LogP contribution in [0.25, 0.3) is 0 Å². The first-order valence-electron chi connectivity index (χ1n) is 8.95. The van der Waals surface area contributed by atoms with Crippen LogP contribution in [0.3, 0.4) is 0 Å². The number of quaternary nitrogens is 1. The number of rotatable bonds is 7. The fourth-order valence-corrected chi connectivity index (χ4v) is 2.36. The van der Waals surface area contributed by atoms with Crippen molar-refractivity contribution in [3.05, 3.63) is 5.21 Å². The van der Waals surface area contributed by atoms with E-state index in [1.165, 1.54) is 5.01 Å². The lowest BCUT2D eigenvalue weighted by Crippen LogP contribution is -2.42. The number of carbonyl (C=O) groups is 1. The highest BCUT2D eigenvalue weighted by Crippen LogP contribution is 2.27. The molecular weight excluding hydrogens is 324 g/mol. The Balaban J connectivity index is 2.35. The van der Waals surface area contributed by atoms with Crippen molar-refractivity contribution >= 4 is 5.97 Å². The molecule has 0 aromatic heterocycles. The average molecular weight is 359 g/mol. The summed E-state index contributed by atoms with van der Waals surface area (Å²) in [4.78, 5) is 17.9. The molecular formula is C17H35N4O4+. The normalized spacial score (nSPS) is 22.4. The van der Waals surface area contributed by atoms with Gasteiger partial charge in [-0.2, -0.15) is 0 Å². The molecule has 1 rings (SSSR count). The molecule has 1 aliphatic rings. The summed E-state index contributed by atoms with van der Waals surface area (Å²) in [5.41, 5.74) is -0.332. The molecule has 1 saturated carbocycles. The van der Waals surface area contributed by atoms with Gasteiger partial charge >= 0.3 is 5.97 Å². The van der Waals surface area contributed by atoms with Gasteiger partial charge in [0.15, 0.2) is 0 Å². The van der Waals surface area contributed by atoms with Crippen molar-refractivity contribution in [2.45, 2.75) is 58.1 Å². The Labute approximate surface area is 151 Å².